The topological polar surface area (TPSA) is 73.3 Å². The fourth-order valence-corrected chi connectivity index (χ4v) is 2.85. The zero-order chi connectivity index (χ0) is 18.7. The highest BCUT2D eigenvalue weighted by atomic mass is 19.1. The normalized spacial score (nSPS) is 16.5. The lowest BCUT2D eigenvalue weighted by Gasteiger charge is -2.15. The van der Waals surface area contributed by atoms with Crippen molar-refractivity contribution in [3.63, 3.8) is 0 Å². The number of nitrogens with zero attached hydrogens (tertiary/aromatic N) is 2. The number of aromatic nitrogens is 2. The number of carbonyl (C=O) groups is 1. The number of hydrogen-bond donors (Lipinski definition) is 1. The molecule has 1 aliphatic heterocycles. The van der Waals surface area contributed by atoms with E-state index < -0.39 is 0 Å². The fraction of sp³-hybridized carbons (Fsp3) is 0.421. The van der Waals surface area contributed by atoms with E-state index in [1.807, 2.05) is 13.8 Å². The number of amides is 1. The standard InChI is InChI=1S/C19H22FN3O3/c1-4-11(2)19(24)21-10-14-8-12-7-13(20)9-15(18(12)26-14)16-5-6-17(25-3)23-22-16/h5-7,9,11,14H,4,8,10H2,1-3H3,(H,21,24)/t11-,14+/m0/s1. The molecule has 0 spiro atoms. The van der Waals surface area contributed by atoms with Gasteiger partial charge >= 0.3 is 0 Å². The Bertz CT molecular complexity index is 795. The SMILES string of the molecule is CC[C@H](C)C(=O)NC[C@H]1Cc2cc(F)cc(-c3ccc(OC)nn3)c2O1. The van der Waals surface area contributed by atoms with Crippen LogP contribution in [0.2, 0.25) is 0 Å². The Morgan fingerprint density at radius 1 is 1.42 bits per heavy atom. The molecule has 26 heavy (non-hydrogen) atoms. The Balaban J connectivity index is 1.78. The van der Waals surface area contributed by atoms with E-state index in [2.05, 4.69) is 15.5 Å². The second-order valence-corrected chi connectivity index (χ2v) is 6.40. The lowest BCUT2D eigenvalue weighted by Crippen LogP contribution is -2.37. The van der Waals surface area contributed by atoms with Gasteiger partial charge in [0, 0.05) is 29.5 Å². The second kappa shape index (κ2) is 7.68. The number of ether oxygens (including phenoxy) is 2. The molecule has 2 heterocycles. The molecule has 1 N–H and O–H groups in total. The van der Waals surface area contributed by atoms with Gasteiger partial charge in [0.2, 0.25) is 11.8 Å². The van der Waals surface area contributed by atoms with Gasteiger partial charge in [0.15, 0.2) is 0 Å². The Morgan fingerprint density at radius 3 is 2.88 bits per heavy atom. The molecule has 0 saturated carbocycles. The molecule has 1 amide bonds. The second-order valence-electron chi connectivity index (χ2n) is 6.40. The molecule has 1 aromatic carbocycles. The summed E-state index contributed by atoms with van der Waals surface area (Å²) in [5.74, 6) is 0.576. The molecule has 0 bridgehead atoms. The lowest BCUT2D eigenvalue weighted by atomic mass is 10.0. The van der Waals surface area contributed by atoms with Gasteiger partial charge in [0.25, 0.3) is 0 Å². The molecular weight excluding hydrogens is 337 g/mol. The van der Waals surface area contributed by atoms with Gasteiger partial charge in [-0.3, -0.25) is 4.79 Å². The third-order valence-corrected chi connectivity index (χ3v) is 4.55. The number of fused-ring (bicyclic) bond motifs is 1. The van der Waals surface area contributed by atoms with Gasteiger partial charge in [-0.2, -0.15) is 0 Å². The molecule has 6 nitrogen and oxygen atoms in total. The Labute approximate surface area is 151 Å². The van der Waals surface area contributed by atoms with Crippen molar-refractivity contribution in [3.05, 3.63) is 35.6 Å². The van der Waals surface area contributed by atoms with Crippen LogP contribution in [0.3, 0.4) is 0 Å². The average molecular weight is 359 g/mol. The van der Waals surface area contributed by atoms with Crippen LogP contribution >= 0.6 is 0 Å². The summed E-state index contributed by atoms with van der Waals surface area (Å²) in [5.41, 5.74) is 1.82. The first-order valence-electron chi connectivity index (χ1n) is 8.66. The molecule has 0 saturated heterocycles. The molecule has 3 rings (SSSR count). The third kappa shape index (κ3) is 3.76. The summed E-state index contributed by atoms with van der Waals surface area (Å²) in [6.45, 7) is 4.24. The van der Waals surface area contributed by atoms with E-state index in [-0.39, 0.29) is 23.7 Å². The molecular formula is C19H22FN3O3. The van der Waals surface area contributed by atoms with Crippen LogP contribution in [0.5, 0.6) is 11.6 Å². The number of hydrogen-bond acceptors (Lipinski definition) is 5. The number of carbonyl (C=O) groups excluding carboxylic acids is 1. The van der Waals surface area contributed by atoms with E-state index in [0.717, 1.165) is 12.0 Å². The van der Waals surface area contributed by atoms with Crippen LogP contribution in [0.15, 0.2) is 24.3 Å². The van der Waals surface area contributed by atoms with E-state index in [4.69, 9.17) is 9.47 Å². The van der Waals surface area contributed by atoms with E-state index >= 15 is 0 Å². The average Bonchev–Trinajstić information content (AvgIpc) is 3.07. The summed E-state index contributed by atoms with van der Waals surface area (Å²) in [6.07, 6.45) is 1.08. The van der Waals surface area contributed by atoms with Gasteiger partial charge in [-0.25, -0.2) is 4.39 Å². The molecule has 0 unspecified atom stereocenters. The van der Waals surface area contributed by atoms with Crippen LogP contribution in [0.1, 0.15) is 25.8 Å². The maximum absolute atomic E-state index is 14.0. The fourth-order valence-electron chi connectivity index (χ4n) is 2.85. The molecule has 2 atom stereocenters. The van der Waals surface area contributed by atoms with Crippen LogP contribution in [0.4, 0.5) is 4.39 Å². The maximum Gasteiger partial charge on any atom is 0.233 e. The summed E-state index contributed by atoms with van der Waals surface area (Å²) in [7, 11) is 1.50. The Kier molecular flexibility index (Phi) is 5.35. The van der Waals surface area contributed by atoms with Crippen molar-refractivity contribution in [3.8, 4) is 22.9 Å². The van der Waals surface area contributed by atoms with E-state index in [0.29, 0.717) is 35.9 Å². The molecule has 1 aromatic heterocycles. The highest BCUT2D eigenvalue weighted by Gasteiger charge is 2.28. The Morgan fingerprint density at radius 2 is 2.23 bits per heavy atom. The van der Waals surface area contributed by atoms with E-state index in [1.165, 1.54) is 19.2 Å². The van der Waals surface area contributed by atoms with E-state index in [1.54, 1.807) is 12.1 Å². The molecule has 7 heteroatoms. The largest absolute Gasteiger partial charge is 0.487 e. The predicted octanol–water partition coefficient (Wildman–Crippen LogP) is 2.76. The summed E-state index contributed by atoms with van der Waals surface area (Å²) in [4.78, 5) is 11.9. The summed E-state index contributed by atoms with van der Waals surface area (Å²) in [6, 6.07) is 6.22. The Hall–Kier alpha value is -2.70. The number of nitrogens with one attached hydrogen (secondary N) is 1. The van der Waals surface area contributed by atoms with Gasteiger partial charge < -0.3 is 14.8 Å². The minimum atomic E-state index is -0.357. The van der Waals surface area contributed by atoms with Gasteiger partial charge in [-0.1, -0.05) is 13.8 Å². The summed E-state index contributed by atoms with van der Waals surface area (Å²) >= 11 is 0. The number of methoxy groups -OCH3 is 1. The van der Waals surface area contributed by atoms with Gasteiger partial charge in [0.1, 0.15) is 17.7 Å². The summed E-state index contributed by atoms with van der Waals surface area (Å²) in [5, 5.41) is 10.9. The van der Waals surface area contributed by atoms with Crippen molar-refractivity contribution in [1.29, 1.82) is 0 Å². The van der Waals surface area contributed by atoms with Gasteiger partial charge in [0.05, 0.1) is 19.3 Å². The smallest absolute Gasteiger partial charge is 0.233 e. The minimum absolute atomic E-state index is 0.000480. The quantitative estimate of drug-likeness (QED) is 0.859. The monoisotopic (exact) mass is 359 g/mol. The predicted molar refractivity (Wildman–Crippen MR) is 94.6 cm³/mol. The van der Waals surface area contributed by atoms with Crippen molar-refractivity contribution < 1.29 is 18.7 Å². The zero-order valence-corrected chi connectivity index (χ0v) is 15.1. The highest BCUT2D eigenvalue weighted by Crippen LogP contribution is 2.38. The van der Waals surface area contributed by atoms with Crippen LogP contribution in [0, 0.1) is 11.7 Å². The van der Waals surface area contributed by atoms with E-state index in [9.17, 15) is 9.18 Å². The molecule has 138 valence electrons. The zero-order valence-electron chi connectivity index (χ0n) is 15.1. The maximum atomic E-state index is 14.0. The molecule has 0 radical (unpaired) electrons. The van der Waals surface area contributed by atoms with Crippen LogP contribution in [-0.2, 0) is 11.2 Å². The highest BCUT2D eigenvalue weighted by molar-refractivity contribution is 5.78. The van der Waals surface area contributed by atoms with Crippen molar-refractivity contribution in [1.82, 2.24) is 15.5 Å². The lowest BCUT2D eigenvalue weighted by molar-refractivity contribution is -0.124. The molecule has 0 aliphatic carbocycles. The van der Waals surface area contributed by atoms with Crippen molar-refractivity contribution in [2.24, 2.45) is 5.92 Å². The van der Waals surface area contributed by atoms with Crippen LogP contribution < -0.4 is 14.8 Å². The third-order valence-electron chi connectivity index (χ3n) is 4.55. The minimum Gasteiger partial charge on any atom is -0.487 e. The van der Waals surface area contributed by atoms with Crippen LogP contribution in [-0.4, -0.2) is 35.9 Å². The van der Waals surface area contributed by atoms with Gasteiger partial charge in [-0.15, -0.1) is 10.2 Å². The number of benzene rings is 1. The first kappa shape index (κ1) is 18.1. The van der Waals surface area contributed by atoms with Crippen molar-refractivity contribution in [2.75, 3.05) is 13.7 Å². The molecule has 0 fully saturated rings. The summed E-state index contributed by atoms with van der Waals surface area (Å²) < 4.78 is 25.0. The molecule has 1 aliphatic rings. The number of halogens is 1. The van der Waals surface area contributed by atoms with Crippen molar-refractivity contribution >= 4 is 5.91 Å². The number of rotatable bonds is 6. The van der Waals surface area contributed by atoms with Crippen LogP contribution in [0.25, 0.3) is 11.3 Å². The first-order chi connectivity index (χ1) is 12.5. The van der Waals surface area contributed by atoms with Gasteiger partial charge in [-0.05, 0) is 24.6 Å². The van der Waals surface area contributed by atoms with Crippen molar-refractivity contribution in [2.45, 2.75) is 32.8 Å². The molecule has 2 aromatic rings. The first-order valence-corrected chi connectivity index (χ1v) is 8.66.